The van der Waals surface area contributed by atoms with Crippen LogP contribution in [0.3, 0.4) is 0 Å². The van der Waals surface area contributed by atoms with E-state index in [1.807, 2.05) is 36.4 Å². The highest BCUT2D eigenvalue weighted by atomic mass is 28.3. The Labute approximate surface area is 127 Å². The molecule has 21 heavy (non-hydrogen) atoms. The van der Waals surface area contributed by atoms with Gasteiger partial charge in [-0.05, 0) is 29.1 Å². The zero-order valence-electron chi connectivity index (χ0n) is 13.1. The molecular formula is C17H24O3Si. The van der Waals surface area contributed by atoms with Gasteiger partial charge in [0.15, 0.2) is 6.79 Å². The van der Waals surface area contributed by atoms with Crippen molar-refractivity contribution in [1.29, 1.82) is 0 Å². The van der Waals surface area contributed by atoms with Gasteiger partial charge in [-0.1, -0.05) is 43.9 Å². The Morgan fingerprint density at radius 1 is 1.10 bits per heavy atom. The zero-order chi connectivity index (χ0) is 15.3. The summed E-state index contributed by atoms with van der Waals surface area (Å²) in [6, 6.07) is 13.0. The van der Waals surface area contributed by atoms with Gasteiger partial charge in [-0.2, -0.15) is 0 Å². The second-order valence-corrected chi connectivity index (χ2v) is 12.1. The standard InChI is InChI=1S/C17H24O3Si/c1-21(2,3)10-9-19-13-20-17-6-4-5-15-8-7-14(12-18)11-16(15)17/h4-8,11,18H,9-10,12-13H2,1-3H3. The molecule has 0 aliphatic carbocycles. The summed E-state index contributed by atoms with van der Waals surface area (Å²) >= 11 is 0. The molecule has 0 saturated heterocycles. The van der Waals surface area contributed by atoms with Crippen LogP contribution in [0, 0.1) is 0 Å². The Kier molecular flexibility index (Phi) is 5.39. The lowest BCUT2D eigenvalue weighted by molar-refractivity contribution is 0.0230. The van der Waals surface area contributed by atoms with E-state index in [4.69, 9.17) is 9.47 Å². The smallest absolute Gasteiger partial charge is 0.189 e. The van der Waals surface area contributed by atoms with Crippen molar-refractivity contribution in [3.63, 3.8) is 0 Å². The second-order valence-electron chi connectivity index (χ2n) is 6.45. The summed E-state index contributed by atoms with van der Waals surface area (Å²) in [7, 11) is -1.05. The summed E-state index contributed by atoms with van der Waals surface area (Å²) in [6.45, 7) is 8.06. The molecule has 0 atom stereocenters. The van der Waals surface area contributed by atoms with Gasteiger partial charge < -0.3 is 14.6 Å². The Hall–Kier alpha value is -1.36. The molecule has 0 bridgehead atoms. The fraction of sp³-hybridized carbons (Fsp3) is 0.412. The van der Waals surface area contributed by atoms with Crippen LogP contribution in [0.2, 0.25) is 25.7 Å². The van der Waals surface area contributed by atoms with Gasteiger partial charge in [0.05, 0.1) is 6.61 Å². The number of benzene rings is 2. The molecule has 0 aliphatic rings. The molecule has 0 spiro atoms. The van der Waals surface area contributed by atoms with E-state index >= 15 is 0 Å². The lowest BCUT2D eigenvalue weighted by Crippen LogP contribution is -2.22. The van der Waals surface area contributed by atoms with Crippen LogP contribution in [0.5, 0.6) is 5.75 Å². The van der Waals surface area contributed by atoms with Crippen molar-refractivity contribution in [2.45, 2.75) is 32.3 Å². The lowest BCUT2D eigenvalue weighted by Gasteiger charge is -2.16. The summed E-state index contributed by atoms with van der Waals surface area (Å²) in [5, 5.41) is 11.4. The van der Waals surface area contributed by atoms with Crippen molar-refractivity contribution in [3.8, 4) is 5.75 Å². The first-order chi connectivity index (χ1) is 9.99. The van der Waals surface area contributed by atoms with E-state index in [-0.39, 0.29) is 13.4 Å². The van der Waals surface area contributed by atoms with Gasteiger partial charge in [-0.15, -0.1) is 0 Å². The number of hydrogen-bond donors (Lipinski definition) is 1. The van der Waals surface area contributed by atoms with Gasteiger partial charge in [-0.3, -0.25) is 0 Å². The highest BCUT2D eigenvalue weighted by Crippen LogP contribution is 2.26. The van der Waals surface area contributed by atoms with E-state index in [2.05, 4.69) is 19.6 Å². The van der Waals surface area contributed by atoms with Crippen LogP contribution in [0.15, 0.2) is 36.4 Å². The maximum atomic E-state index is 9.25. The summed E-state index contributed by atoms with van der Waals surface area (Å²) in [6.07, 6.45) is 0. The average molecular weight is 304 g/mol. The monoisotopic (exact) mass is 304 g/mol. The third-order valence-electron chi connectivity index (χ3n) is 3.38. The van der Waals surface area contributed by atoms with E-state index in [9.17, 15) is 5.11 Å². The molecular weight excluding hydrogens is 280 g/mol. The van der Waals surface area contributed by atoms with Crippen LogP contribution in [0.1, 0.15) is 5.56 Å². The first kappa shape index (κ1) is 16.0. The van der Waals surface area contributed by atoms with E-state index < -0.39 is 8.07 Å². The van der Waals surface area contributed by atoms with Gasteiger partial charge in [0.2, 0.25) is 0 Å². The van der Waals surface area contributed by atoms with E-state index in [1.54, 1.807) is 0 Å². The molecule has 0 heterocycles. The van der Waals surface area contributed by atoms with Gasteiger partial charge in [0.1, 0.15) is 5.75 Å². The quantitative estimate of drug-likeness (QED) is 0.477. The van der Waals surface area contributed by atoms with Crippen LogP contribution < -0.4 is 4.74 Å². The van der Waals surface area contributed by atoms with Gasteiger partial charge in [0.25, 0.3) is 0 Å². The fourth-order valence-corrected chi connectivity index (χ4v) is 2.81. The van der Waals surface area contributed by atoms with E-state index in [0.29, 0.717) is 0 Å². The van der Waals surface area contributed by atoms with Crippen LogP contribution in [0.4, 0.5) is 0 Å². The third-order valence-corrected chi connectivity index (χ3v) is 5.09. The minimum absolute atomic E-state index is 0.0387. The molecule has 1 N–H and O–H groups in total. The predicted octanol–water partition coefficient (Wildman–Crippen LogP) is 4.02. The predicted molar refractivity (Wildman–Crippen MR) is 89.5 cm³/mol. The topological polar surface area (TPSA) is 38.7 Å². The van der Waals surface area contributed by atoms with Crippen molar-refractivity contribution in [2.24, 2.45) is 0 Å². The molecule has 0 aliphatic heterocycles. The Morgan fingerprint density at radius 2 is 1.90 bits per heavy atom. The Morgan fingerprint density at radius 3 is 2.62 bits per heavy atom. The second kappa shape index (κ2) is 7.07. The molecule has 0 saturated carbocycles. The van der Waals surface area contributed by atoms with Crippen molar-refractivity contribution < 1.29 is 14.6 Å². The number of ether oxygens (including phenoxy) is 2. The highest BCUT2D eigenvalue weighted by Gasteiger charge is 2.12. The molecule has 3 nitrogen and oxygen atoms in total. The zero-order valence-corrected chi connectivity index (χ0v) is 14.1. The van der Waals surface area contributed by atoms with Crippen molar-refractivity contribution >= 4 is 18.8 Å². The largest absolute Gasteiger partial charge is 0.467 e. The molecule has 0 fully saturated rings. The third kappa shape index (κ3) is 4.84. The normalized spacial score (nSPS) is 11.8. The van der Waals surface area contributed by atoms with E-state index in [1.165, 1.54) is 0 Å². The summed E-state index contributed by atoms with van der Waals surface area (Å²) in [4.78, 5) is 0. The number of fused-ring (bicyclic) bond motifs is 1. The molecule has 2 aromatic rings. The fourth-order valence-electron chi connectivity index (χ4n) is 2.06. The minimum atomic E-state index is -1.05. The number of hydrogen-bond acceptors (Lipinski definition) is 3. The van der Waals surface area contributed by atoms with Gasteiger partial charge >= 0.3 is 0 Å². The van der Waals surface area contributed by atoms with Gasteiger partial charge in [-0.25, -0.2) is 0 Å². The summed E-state index contributed by atoms with van der Waals surface area (Å²) < 4.78 is 11.3. The Balaban J connectivity index is 1.98. The van der Waals surface area contributed by atoms with Crippen molar-refractivity contribution in [3.05, 3.63) is 42.0 Å². The summed E-state index contributed by atoms with van der Waals surface area (Å²) in [5.41, 5.74) is 0.887. The van der Waals surface area contributed by atoms with Crippen molar-refractivity contribution in [2.75, 3.05) is 13.4 Å². The molecule has 114 valence electrons. The van der Waals surface area contributed by atoms with Crippen molar-refractivity contribution in [1.82, 2.24) is 0 Å². The first-order valence-electron chi connectivity index (χ1n) is 7.33. The molecule has 0 radical (unpaired) electrons. The maximum Gasteiger partial charge on any atom is 0.189 e. The average Bonchev–Trinajstić information content (AvgIpc) is 2.45. The van der Waals surface area contributed by atoms with Crippen LogP contribution in [-0.4, -0.2) is 26.6 Å². The number of rotatable bonds is 7. The van der Waals surface area contributed by atoms with Crippen LogP contribution >= 0.6 is 0 Å². The Bertz CT molecular complexity index is 590. The molecule has 2 rings (SSSR count). The number of aliphatic hydroxyl groups is 1. The minimum Gasteiger partial charge on any atom is -0.467 e. The molecule has 2 aromatic carbocycles. The van der Waals surface area contributed by atoms with Crippen LogP contribution in [0.25, 0.3) is 10.8 Å². The molecule has 4 heteroatoms. The van der Waals surface area contributed by atoms with E-state index in [0.717, 1.165) is 34.7 Å². The lowest BCUT2D eigenvalue weighted by atomic mass is 10.1. The first-order valence-corrected chi connectivity index (χ1v) is 11.0. The SMILES string of the molecule is C[Si](C)(C)CCOCOc1cccc2ccc(CO)cc12. The highest BCUT2D eigenvalue weighted by molar-refractivity contribution is 6.76. The van der Waals surface area contributed by atoms with Crippen LogP contribution in [-0.2, 0) is 11.3 Å². The summed E-state index contributed by atoms with van der Waals surface area (Å²) in [5.74, 6) is 0.802. The maximum absolute atomic E-state index is 9.25. The van der Waals surface area contributed by atoms with Gasteiger partial charge in [0, 0.05) is 20.1 Å². The molecule has 0 unspecified atom stereocenters. The molecule has 0 amide bonds. The molecule has 0 aromatic heterocycles. The number of aliphatic hydroxyl groups excluding tert-OH is 1.